The van der Waals surface area contributed by atoms with Gasteiger partial charge in [-0.25, -0.2) is 0 Å². The molecule has 0 spiro atoms. The Bertz CT molecular complexity index is 329. The molecule has 1 heterocycles. The molecule has 1 saturated heterocycles. The summed E-state index contributed by atoms with van der Waals surface area (Å²) < 4.78 is 36.7. The molecule has 0 bridgehead atoms. The first-order valence-corrected chi connectivity index (χ1v) is 7.60. The molecule has 8 heteroatoms. The number of alkyl halides is 3. The normalized spacial score (nSPS) is 17.6. The Labute approximate surface area is 148 Å². The van der Waals surface area contributed by atoms with Crippen molar-refractivity contribution in [2.75, 3.05) is 46.3 Å². The van der Waals surface area contributed by atoms with E-state index in [1.54, 1.807) is 0 Å². The van der Waals surface area contributed by atoms with Crippen molar-refractivity contribution in [1.82, 2.24) is 15.1 Å². The lowest BCUT2D eigenvalue weighted by molar-refractivity contribution is -0.142. The fraction of sp³-hybridized carbons (Fsp3) is 0.929. The summed E-state index contributed by atoms with van der Waals surface area (Å²) in [6.07, 6.45) is -1.87. The van der Waals surface area contributed by atoms with Crippen LogP contribution >= 0.6 is 24.0 Å². The zero-order chi connectivity index (χ0) is 15.9. The second-order valence-corrected chi connectivity index (χ2v) is 5.76. The van der Waals surface area contributed by atoms with E-state index in [0.29, 0.717) is 13.1 Å². The van der Waals surface area contributed by atoms with Gasteiger partial charge >= 0.3 is 6.18 Å². The minimum atomic E-state index is -4.15. The van der Waals surface area contributed by atoms with Crippen molar-refractivity contribution in [3.05, 3.63) is 0 Å². The Morgan fingerprint density at radius 1 is 1.32 bits per heavy atom. The lowest BCUT2D eigenvalue weighted by Crippen LogP contribution is -2.45. The van der Waals surface area contributed by atoms with E-state index in [1.807, 2.05) is 6.92 Å². The molecule has 1 aliphatic rings. The smallest absolute Gasteiger partial charge is 0.357 e. The molecule has 1 aliphatic heterocycles. The van der Waals surface area contributed by atoms with Crippen LogP contribution in [0.5, 0.6) is 0 Å². The van der Waals surface area contributed by atoms with Crippen molar-refractivity contribution >= 4 is 29.9 Å². The topological polar surface area (TPSA) is 30.9 Å². The van der Waals surface area contributed by atoms with Gasteiger partial charge in [0.1, 0.15) is 0 Å². The number of likely N-dealkylation sites (tertiary alicyclic amines) is 1. The number of aliphatic imine (C=N–C) groups is 1. The Morgan fingerprint density at radius 3 is 2.41 bits per heavy atom. The summed E-state index contributed by atoms with van der Waals surface area (Å²) in [6, 6.07) is 0. The van der Waals surface area contributed by atoms with E-state index in [4.69, 9.17) is 0 Å². The highest BCUT2D eigenvalue weighted by Gasteiger charge is 2.28. The van der Waals surface area contributed by atoms with Crippen LogP contribution in [-0.4, -0.2) is 68.3 Å². The average molecular weight is 436 g/mol. The number of nitrogens with zero attached hydrogens (tertiary/aromatic N) is 3. The van der Waals surface area contributed by atoms with Gasteiger partial charge in [-0.15, -0.1) is 24.0 Å². The second-order valence-electron chi connectivity index (χ2n) is 5.76. The van der Waals surface area contributed by atoms with Crippen LogP contribution in [0, 0.1) is 5.92 Å². The van der Waals surface area contributed by atoms with Crippen molar-refractivity contribution in [1.29, 1.82) is 0 Å². The molecule has 1 rings (SSSR count). The molecule has 0 aliphatic carbocycles. The third-order valence-electron chi connectivity index (χ3n) is 3.61. The van der Waals surface area contributed by atoms with E-state index in [1.165, 1.54) is 11.9 Å². The van der Waals surface area contributed by atoms with Crippen molar-refractivity contribution in [2.24, 2.45) is 10.9 Å². The molecule has 0 aromatic heterocycles. The second kappa shape index (κ2) is 10.5. The SMILES string of the molecule is CCNC(=NCCN(C)CC(F)(F)F)N1CCC(C)CC1.I. The monoisotopic (exact) mass is 436 g/mol. The van der Waals surface area contributed by atoms with E-state index in [-0.39, 0.29) is 24.0 Å². The van der Waals surface area contributed by atoms with E-state index in [2.05, 4.69) is 22.1 Å². The number of guanidine groups is 1. The largest absolute Gasteiger partial charge is 0.401 e. The fourth-order valence-corrected chi connectivity index (χ4v) is 2.36. The maximum absolute atomic E-state index is 12.2. The summed E-state index contributed by atoms with van der Waals surface area (Å²) in [5.74, 6) is 1.56. The van der Waals surface area contributed by atoms with Gasteiger partial charge in [0.25, 0.3) is 0 Å². The van der Waals surface area contributed by atoms with Crippen molar-refractivity contribution in [2.45, 2.75) is 32.9 Å². The minimum Gasteiger partial charge on any atom is -0.357 e. The zero-order valence-corrected chi connectivity index (χ0v) is 15.9. The molecule has 0 atom stereocenters. The lowest BCUT2D eigenvalue weighted by atomic mass is 10.00. The highest BCUT2D eigenvalue weighted by atomic mass is 127. The third kappa shape index (κ3) is 9.02. The maximum Gasteiger partial charge on any atom is 0.401 e. The molecular weight excluding hydrogens is 408 g/mol. The number of hydrogen-bond donors (Lipinski definition) is 1. The molecule has 22 heavy (non-hydrogen) atoms. The van der Waals surface area contributed by atoms with Gasteiger partial charge in [0.15, 0.2) is 5.96 Å². The molecule has 0 amide bonds. The number of rotatable bonds is 5. The number of piperidine rings is 1. The third-order valence-corrected chi connectivity index (χ3v) is 3.61. The van der Waals surface area contributed by atoms with Crippen LogP contribution in [-0.2, 0) is 0 Å². The Hall–Kier alpha value is -0.250. The Morgan fingerprint density at radius 2 is 1.91 bits per heavy atom. The quantitative estimate of drug-likeness (QED) is 0.409. The van der Waals surface area contributed by atoms with Crippen LogP contribution in [0.3, 0.4) is 0 Å². The summed E-state index contributed by atoms with van der Waals surface area (Å²) >= 11 is 0. The molecule has 0 saturated carbocycles. The molecular formula is C14H28F3IN4. The van der Waals surface area contributed by atoms with Crippen molar-refractivity contribution < 1.29 is 13.2 Å². The predicted molar refractivity (Wildman–Crippen MR) is 94.9 cm³/mol. The van der Waals surface area contributed by atoms with Gasteiger partial charge in [0, 0.05) is 26.2 Å². The van der Waals surface area contributed by atoms with Crippen LogP contribution in [0.25, 0.3) is 0 Å². The van der Waals surface area contributed by atoms with Gasteiger partial charge < -0.3 is 10.2 Å². The lowest BCUT2D eigenvalue weighted by Gasteiger charge is -2.33. The first-order valence-electron chi connectivity index (χ1n) is 7.60. The van der Waals surface area contributed by atoms with Gasteiger partial charge in [0.05, 0.1) is 13.1 Å². The fourth-order valence-electron chi connectivity index (χ4n) is 2.36. The number of hydrogen-bond acceptors (Lipinski definition) is 2. The van der Waals surface area contributed by atoms with Crippen molar-refractivity contribution in [3.63, 3.8) is 0 Å². The Balaban J connectivity index is 0.00000441. The van der Waals surface area contributed by atoms with E-state index in [0.717, 1.165) is 44.4 Å². The van der Waals surface area contributed by atoms with Crippen LogP contribution in [0.2, 0.25) is 0 Å². The number of nitrogens with one attached hydrogen (secondary N) is 1. The van der Waals surface area contributed by atoms with Crippen molar-refractivity contribution in [3.8, 4) is 0 Å². The van der Waals surface area contributed by atoms with Gasteiger partial charge in [-0.05, 0) is 32.7 Å². The van der Waals surface area contributed by atoms with E-state index in [9.17, 15) is 13.2 Å². The molecule has 1 fully saturated rings. The van der Waals surface area contributed by atoms with Gasteiger partial charge in [-0.1, -0.05) is 6.92 Å². The standard InChI is InChI=1S/C14H27F3N4.HI/c1-4-18-13(21-8-5-12(2)6-9-21)19-7-10-20(3)11-14(15,16)17;/h12H,4-11H2,1-3H3,(H,18,19);1H. The summed E-state index contributed by atoms with van der Waals surface area (Å²) in [5, 5.41) is 3.22. The summed E-state index contributed by atoms with van der Waals surface area (Å²) in [7, 11) is 1.47. The molecule has 132 valence electrons. The zero-order valence-electron chi connectivity index (χ0n) is 13.6. The van der Waals surface area contributed by atoms with Gasteiger partial charge in [-0.3, -0.25) is 9.89 Å². The van der Waals surface area contributed by atoms with Crippen LogP contribution in [0.1, 0.15) is 26.7 Å². The molecule has 0 aromatic carbocycles. The van der Waals surface area contributed by atoms with E-state index < -0.39 is 12.7 Å². The average Bonchev–Trinajstić information content (AvgIpc) is 2.36. The molecule has 1 N–H and O–H groups in total. The molecule has 0 radical (unpaired) electrons. The first-order chi connectivity index (χ1) is 9.81. The highest BCUT2D eigenvalue weighted by Crippen LogP contribution is 2.16. The summed E-state index contributed by atoms with van der Waals surface area (Å²) in [5.41, 5.74) is 0. The van der Waals surface area contributed by atoms with Crippen LogP contribution in [0.4, 0.5) is 13.2 Å². The van der Waals surface area contributed by atoms with E-state index >= 15 is 0 Å². The maximum atomic E-state index is 12.2. The number of halogens is 4. The summed E-state index contributed by atoms with van der Waals surface area (Å²) in [6.45, 7) is 6.73. The molecule has 0 unspecified atom stereocenters. The van der Waals surface area contributed by atoms with Crippen LogP contribution in [0.15, 0.2) is 4.99 Å². The predicted octanol–water partition coefficient (Wildman–Crippen LogP) is 2.80. The Kier molecular flexibility index (Phi) is 10.4. The van der Waals surface area contributed by atoms with Crippen LogP contribution < -0.4 is 5.32 Å². The van der Waals surface area contributed by atoms with Gasteiger partial charge in [-0.2, -0.15) is 13.2 Å². The molecule has 0 aromatic rings. The molecule has 4 nitrogen and oxygen atoms in total. The van der Waals surface area contributed by atoms with Gasteiger partial charge in [0.2, 0.25) is 0 Å². The number of likely N-dealkylation sites (N-methyl/N-ethyl adjacent to an activating group) is 1. The summed E-state index contributed by atoms with van der Waals surface area (Å²) in [4.78, 5) is 7.91. The highest BCUT2D eigenvalue weighted by molar-refractivity contribution is 14.0. The first kappa shape index (κ1) is 21.8. The minimum absolute atomic E-state index is 0.